The highest BCUT2D eigenvalue weighted by atomic mass is 19.4. The zero-order chi connectivity index (χ0) is 13.2. The Morgan fingerprint density at radius 3 is 2.61 bits per heavy atom. The number of tetrazole rings is 1. The van der Waals surface area contributed by atoms with Crippen LogP contribution >= 0.6 is 0 Å². The van der Waals surface area contributed by atoms with Gasteiger partial charge < -0.3 is 5.32 Å². The summed E-state index contributed by atoms with van der Waals surface area (Å²) in [6.45, 7) is 1.65. The summed E-state index contributed by atoms with van der Waals surface area (Å²) in [5.74, 6) is 0.298. The molecule has 0 saturated heterocycles. The smallest absolute Gasteiger partial charge is 0.375 e. The second kappa shape index (κ2) is 4.63. The average molecular weight is 257 g/mol. The summed E-state index contributed by atoms with van der Waals surface area (Å²) in [5.41, 5.74) is -0.734. The predicted molar refractivity (Wildman–Crippen MR) is 57.7 cm³/mol. The normalized spacial score (nSPS) is 13.3. The molecular weight excluding hydrogens is 247 g/mol. The maximum atomic E-state index is 12.8. The largest absolute Gasteiger partial charge is 0.418 e. The first-order chi connectivity index (χ1) is 8.48. The van der Waals surface area contributed by atoms with Gasteiger partial charge in [-0.3, -0.25) is 0 Å². The van der Waals surface area contributed by atoms with Crippen LogP contribution in [0, 0.1) is 0 Å². The minimum atomic E-state index is -4.40. The van der Waals surface area contributed by atoms with Crippen molar-refractivity contribution in [3.05, 3.63) is 35.7 Å². The lowest BCUT2D eigenvalue weighted by Crippen LogP contribution is -2.14. The first-order valence-corrected chi connectivity index (χ1v) is 5.14. The highest BCUT2D eigenvalue weighted by Gasteiger charge is 2.33. The van der Waals surface area contributed by atoms with E-state index < -0.39 is 17.8 Å². The Hall–Kier alpha value is -2.12. The number of para-hydroxylation sites is 1. The van der Waals surface area contributed by atoms with Gasteiger partial charge in [-0.25, -0.2) is 0 Å². The molecule has 0 fully saturated rings. The van der Waals surface area contributed by atoms with Crippen LogP contribution in [0.15, 0.2) is 24.3 Å². The third-order valence-electron chi connectivity index (χ3n) is 2.35. The number of nitrogens with one attached hydrogen (secondary N) is 2. The van der Waals surface area contributed by atoms with Crippen LogP contribution in [0.5, 0.6) is 0 Å². The van der Waals surface area contributed by atoms with E-state index in [2.05, 4.69) is 25.9 Å². The molecule has 0 aliphatic heterocycles. The number of hydrogen-bond donors (Lipinski definition) is 2. The molecule has 0 radical (unpaired) electrons. The molecule has 1 heterocycles. The highest BCUT2D eigenvalue weighted by molar-refractivity contribution is 5.53. The predicted octanol–water partition coefficient (Wildman–Crippen LogP) is 2.39. The molecule has 0 amide bonds. The SMILES string of the molecule is CC(Nc1ccccc1C(F)(F)F)c1nn[nH]n1. The molecule has 96 valence electrons. The van der Waals surface area contributed by atoms with Crippen LogP contribution in [0.3, 0.4) is 0 Å². The van der Waals surface area contributed by atoms with E-state index in [1.807, 2.05) is 0 Å². The van der Waals surface area contributed by atoms with Gasteiger partial charge >= 0.3 is 6.18 Å². The van der Waals surface area contributed by atoms with E-state index in [1.54, 1.807) is 6.92 Å². The molecule has 2 aromatic rings. The summed E-state index contributed by atoms with van der Waals surface area (Å²) in [6, 6.07) is 4.77. The van der Waals surface area contributed by atoms with Gasteiger partial charge in [-0.15, -0.1) is 10.2 Å². The van der Waals surface area contributed by atoms with E-state index in [1.165, 1.54) is 18.2 Å². The topological polar surface area (TPSA) is 66.5 Å². The molecule has 18 heavy (non-hydrogen) atoms. The second-order valence-electron chi connectivity index (χ2n) is 3.68. The Labute approximate surface area is 100 Å². The van der Waals surface area contributed by atoms with Crippen LogP contribution in [0.4, 0.5) is 18.9 Å². The van der Waals surface area contributed by atoms with Crippen molar-refractivity contribution in [2.75, 3.05) is 5.32 Å². The Bertz CT molecular complexity index is 508. The maximum Gasteiger partial charge on any atom is 0.418 e. The van der Waals surface area contributed by atoms with Crippen LogP contribution in [0.25, 0.3) is 0 Å². The summed E-state index contributed by atoms with van der Waals surface area (Å²) in [6.07, 6.45) is -4.40. The van der Waals surface area contributed by atoms with Crippen molar-refractivity contribution in [3.63, 3.8) is 0 Å². The van der Waals surface area contributed by atoms with Crippen LogP contribution in [-0.2, 0) is 6.18 Å². The van der Waals surface area contributed by atoms with Crippen molar-refractivity contribution in [1.29, 1.82) is 0 Å². The van der Waals surface area contributed by atoms with E-state index in [4.69, 9.17) is 0 Å². The van der Waals surface area contributed by atoms with E-state index in [0.29, 0.717) is 5.82 Å². The van der Waals surface area contributed by atoms with Gasteiger partial charge in [0.2, 0.25) is 0 Å². The summed E-state index contributed by atoms with van der Waals surface area (Å²) in [5, 5.41) is 15.7. The van der Waals surface area contributed by atoms with E-state index in [0.717, 1.165) is 6.07 Å². The van der Waals surface area contributed by atoms with Gasteiger partial charge in [0.25, 0.3) is 0 Å². The number of aromatic amines is 1. The molecule has 1 unspecified atom stereocenters. The molecule has 1 aromatic carbocycles. The number of aromatic nitrogens is 4. The molecule has 0 aliphatic rings. The molecule has 0 bridgehead atoms. The Morgan fingerprint density at radius 2 is 2.00 bits per heavy atom. The van der Waals surface area contributed by atoms with Crippen LogP contribution in [-0.4, -0.2) is 20.6 Å². The molecule has 1 aromatic heterocycles. The Kier molecular flexibility index (Phi) is 3.17. The minimum absolute atomic E-state index is 0.0118. The number of benzene rings is 1. The van der Waals surface area contributed by atoms with Gasteiger partial charge in [0.1, 0.15) is 0 Å². The number of halogens is 3. The van der Waals surface area contributed by atoms with Crippen molar-refractivity contribution in [1.82, 2.24) is 20.6 Å². The van der Waals surface area contributed by atoms with Crippen LogP contribution < -0.4 is 5.32 Å². The van der Waals surface area contributed by atoms with Gasteiger partial charge in [-0.2, -0.15) is 18.4 Å². The third kappa shape index (κ3) is 2.58. The van der Waals surface area contributed by atoms with Crippen molar-refractivity contribution in [2.45, 2.75) is 19.1 Å². The van der Waals surface area contributed by atoms with Gasteiger partial charge in [-0.1, -0.05) is 17.3 Å². The lowest BCUT2D eigenvalue weighted by Gasteiger charge is -2.17. The van der Waals surface area contributed by atoms with E-state index in [9.17, 15) is 13.2 Å². The fourth-order valence-electron chi connectivity index (χ4n) is 1.51. The van der Waals surface area contributed by atoms with Gasteiger partial charge in [0.15, 0.2) is 5.82 Å². The lowest BCUT2D eigenvalue weighted by atomic mass is 10.1. The quantitative estimate of drug-likeness (QED) is 0.886. The van der Waals surface area contributed by atoms with E-state index in [-0.39, 0.29) is 5.69 Å². The van der Waals surface area contributed by atoms with Crippen molar-refractivity contribution in [3.8, 4) is 0 Å². The zero-order valence-corrected chi connectivity index (χ0v) is 9.36. The van der Waals surface area contributed by atoms with Crippen LogP contribution in [0.1, 0.15) is 24.4 Å². The summed E-state index contributed by atoms with van der Waals surface area (Å²) in [7, 11) is 0. The van der Waals surface area contributed by atoms with Crippen molar-refractivity contribution >= 4 is 5.69 Å². The fraction of sp³-hybridized carbons (Fsp3) is 0.300. The summed E-state index contributed by atoms with van der Waals surface area (Å²) < 4.78 is 38.3. The molecule has 1 atom stereocenters. The first kappa shape index (κ1) is 12.3. The summed E-state index contributed by atoms with van der Waals surface area (Å²) >= 11 is 0. The van der Waals surface area contributed by atoms with Crippen LogP contribution in [0.2, 0.25) is 0 Å². The molecule has 8 heteroatoms. The molecule has 2 rings (SSSR count). The number of alkyl halides is 3. The summed E-state index contributed by atoms with van der Waals surface area (Å²) in [4.78, 5) is 0. The number of H-pyrrole nitrogens is 1. The number of hydrogen-bond acceptors (Lipinski definition) is 4. The molecule has 0 saturated carbocycles. The van der Waals surface area contributed by atoms with Gasteiger partial charge in [-0.05, 0) is 19.1 Å². The third-order valence-corrected chi connectivity index (χ3v) is 2.35. The molecule has 5 nitrogen and oxygen atoms in total. The number of anilines is 1. The maximum absolute atomic E-state index is 12.8. The van der Waals surface area contributed by atoms with Gasteiger partial charge in [0.05, 0.1) is 11.6 Å². The minimum Gasteiger partial charge on any atom is -0.375 e. The van der Waals surface area contributed by atoms with Crippen molar-refractivity contribution in [2.24, 2.45) is 0 Å². The Morgan fingerprint density at radius 1 is 1.28 bits per heavy atom. The standard InChI is InChI=1S/C10H10F3N5/c1-6(9-15-17-18-16-9)14-8-5-3-2-4-7(8)10(11,12)13/h2-6,14H,1H3,(H,15,16,17,18). The monoisotopic (exact) mass is 257 g/mol. The zero-order valence-electron chi connectivity index (χ0n) is 9.36. The van der Waals surface area contributed by atoms with Gasteiger partial charge in [0, 0.05) is 5.69 Å². The first-order valence-electron chi connectivity index (χ1n) is 5.14. The van der Waals surface area contributed by atoms with Crippen molar-refractivity contribution < 1.29 is 13.2 Å². The fourth-order valence-corrected chi connectivity index (χ4v) is 1.51. The lowest BCUT2D eigenvalue weighted by molar-refractivity contribution is -0.137. The molecule has 0 spiro atoms. The highest BCUT2D eigenvalue weighted by Crippen LogP contribution is 2.35. The Balaban J connectivity index is 2.24. The molecular formula is C10H10F3N5. The van der Waals surface area contributed by atoms with E-state index >= 15 is 0 Å². The number of rotatable bonds is 3. The molecule has 2 N–H and O–H groups in total. The molecule has 0 aliphatic carbocycles. The second-order valence-corrected chi connectivity index (χ2v) is 3.68. The average Bonchev–Trinajstić information content (AvgIpc) is 2.81. The number of nitrogens with zero attached hydrogens (tertiary/aromatic N) is 3.